The standard InChI is InChI=1S/C25H30N6OS2/c1-5-19(30(2)3)22-28-29-25(31(22)16-11-13-17(32-4)14-12-16)34-24-21-18-9-7-6-8-10-20(18)33-23(21)26-15-27-24/h11-15,19H,5-10H2,1-4H3/t19-/m0/s1. The quantitative estimate of drug-likeness (QED) is 0.241. The van der Waals surface area contributed by atoms with Gasteiger partial charge < -0.3 is 4.74 Å². The molecule has 9 heteroatoms. The van der Waals surface area contributed by atoms with Gasteiger partial charge in [0.25, 0.3) is 0 Å². The van der Waals surface area contributed by atoms with Crippen molar-refractivity contribution in [2.24, 2.45) is 0 Å². The topological polar surface area (TPSA) is 69.0 Å². The molecule has 5 rings (SSSR count). The molecule has 4 aromatic rings. The average molecular weight is 495 g/mol. The van der Waals surface area contributed by atoms with Crippen molar-refractivity contribution in [3.63, 3.8) is 0 Å². The first-order valence-electron chi connectivity index (χ1n) is 11.8. The molecule has 0 fully saturated rings. The van der Waals surface area contributed by atoms with E-state index < -0.39 is 0 Å². The predicted molar refractivity (Wildman–Crippen MR) is 137 cm³/mol. The highest BCUT2D eigenvalue weighted by Crippen LogP contribution is 2.41. The maximum absolute atomic E-state index is 5.38. The van der Waals surface area contributed by atoms with Gasteiger partial charge in [0, 0.05) is 16.0 Å². The van der Waals surface area contributed by atoms with Crippen molar-refractivity contribution in [3.8, 4) is 11.4 Å². The Hall–Kier alpha value is -2.49. The molecule has 178 valence electrons. The van der Waals surface area contributed by atoms with E-state index in [1.54, 1.807) is 25.2 Å². The Bertz CT molecular complexity index is 1280. The summed E-state index contributed by atoms with van der Waals surface area (Å²) in [5, 5.41) is 12.3. The summed E-state index contributed by atoms with van der Waals surface area (Å²) in [7, 11) is 5.86. The zero-order chi connectivity index (χ0) is 23.7. The normalized spacial score (nSPS) is 14.9. The summed E-state index contributed by atoms with van der Waals surface area (Å²) in [4.78, 5) is 14.1. The third kappa shape index (κ3) is 4.32. The summed E-state index contributed by atoms with van der Waals surface area (Å²) in [6.07, 6.45) is 8.64. The molecule has 0 bridgehead atoms. The summed E-state index contributed by atoms with van der Waals surface area (Å²) in [6.45, 7) is 2.18. The smallest absolute Gasteiger partial charge is 0.202 e. The van der Waals surface area contributed by atoms with Crippen LogP contribution in [-0.2, 0) is 12.8 Å². The molecule has 7 nitrogen and oxygen atoms in total. The monoisotopic (exact) mass is 494 g/mol. The van der Waals surface area contributed by atoms with Crippen LogP contribution in [0.15, 0.2) is 40.8 Å². The van der Waals surface area contributed by atoms with Gasteiger partial charge in [-0.05, 0) is 87.8 Å². The number of hydrogen-bond donors (Lipinski definition) is 0. The summed E-state index contributed by atoms with van der Waals surface area (Å²) in [6, 6.07) is 8.22. The molecule has 3 aromatic heterocycles. The molecule has 0 N–H and O–H groups in total. The molecule has 0 saturated carbocycles. The molecule has 0 aliphatic heterocycles. The van der Waals surface area contributed by atoms with Gasteiger partial charge in [0.1, 0.15) is 21.9 Å². The number of aromatic nitrogens is 5. The first-order valence-corrected chi connectivity index (χ1v) is 13.4. The predicted octanol–water partition coefficient (Wildman–Crippen LogP) is 5.71. The van der Waals surface area contributed by atoms with Crippen LogP contribution >= 0.6 is 23.1 Å². The molecule has 0 unspecified atom stereocenters. The van der Waals surface area contributed by atoms with Crippen molar-refractivity contribution in [1.82, 2.24) is 29.6 Å². The highest BCUT2D eigenvalue weighted by Gasteiger charge is 2.26. The number of methoxy groups -OCH3 is 1. The molecule has 1 aliphatic carbocycles. The lowest BCUT2D eigenvalue weighted by Crippen LogP contribution is -2.22. The maximum Gasteiger partial charge on any atom is 0.202 e. The van der Waals surface area contributed by atoms with Crippen molar-refractivity contribution in [2.75, 3.05) is 21.2 Å². The van der Waals surface area contributed by atoms with Gasteiger partial charge in [-0.2, -0.15) is 0 Å². The second-order valence-electron chi connectivity index (χ2n) is 8.79. The minimum atomic E-state index is 0.145. The largest absolute Gasteiger partial charge is 0.497 e. The van der Waals surface area contributed by atoms with Crippen LogP contribution in [0.1, 0.15) is 54.9 Å². The van der Waals surface area contributed by atoms with Crippen LogP contribution in [0.3, 0.4) is 0 Å². The van der Waals surface area contributed by atoms with Crippen molar-refractivity contribution >= 4 is 33.3 Å². The highest BCUT2D eigenvalue weighted by atomic mass is 32.2. The Morgan fingerprint density at radius 2 is 1.88 bits per heavy atom. The Kier molecular flexibility index (Phi) is 6.85. The van der Waals surface area contributed by atoms with E-state index in [-0.39, 0.29) is 6.04 Å². The van der Waals surface area contributed by atoms with E-state index in [9.17, 15) is 0 Å². The van der Waals surface area contributed by atoms with Crippen molar-refractivity contribution < 1.29 is 4.74 Å². The van der Waals surface area contributed by atoms with Crippen LogP contribution in [0.5, 0.6) is 5.75 Å². The Balaban J connectivity index is 1.63. The van der Waals surface area contributed by atoms with E-state index in [2.05, 4.69) is 57.8 Å². The fourth-order valence-electron chi connectivity index (χ4n) is 4.72. The van der Waals surface area contributed by atoms with Crippen LogP contribution in [0, 0.1) is 0 Å². The number of rotatable bonds is 7. The van der Waals surface area contributed by atoms with E-state index in [1.807, 2.05) is 23.5 Å². The fourth-order valence-corrected chi connectivity index (χ4v) is 6.98. The number of benzene rings is 1. The number of thiophene rings is 1. The molecule has 0 saturated heterocycles. The first kappa shape index (κ1) is 23.3. The van der Waals surface area contributed by atoms with Gasteiger partial charge in [-0.1, -0.05) is 13.3 Å². The fraction of sp³-hybridized carbons (Fsp3) is 0.440. The van der Waals surface area contributed by atoms with Crippen LogP contribution in [0.4, 0.5) is 0 Å². The van der Waals surface area contributed by atoms with E-state index in [1.165, 1.54) is 35.1 Å². The van der Waals surface area contributed by atoms with Crippen molar-refractivity contribution in [3.05, 3.63) is 46.9 Å². The van der Waals surface area contributed by atoms with Gasteiger partial charge in [-0.15, -0.1) is 21.5 Å². The molecule has 1 aliphatic rings. The van der Waals surface area contributed by atoms with E-state index in [4.69, 9.17) is 9.72 Å². The molecule has 0 radical (unpaired) electrons. The van der Waals surface area contributed by atoms with E-state index in [0.29, 0.717) is 0 Å². The van der Waals surface area contributed by atoms with Crippen LogP contribution in [-0.4, -0.2) is 50.8 Å². The first-order chi connectivity index (χ1) is 16.6. The van der Waals surface area contributed by atoms with Gasteiger partial charge in [-0.3, -0.25) is 9.47 Å². The van der Waals surface area contributed by atoms with Gasteiger partial charge in [-0.25, -0.2) is 9.97 Å². The number of aryl methyl sites for hydroxylation is 2. The SMILES string of the molecule is CC[C@@H](c1nnc(Sc2ncnc3sc4c(c23)CCCCC4)n1-c1ccc(OC)cc1)N(C)C. The Labute approximate surface area is 208 Å². The van der Waals surface area contributed by atoms with Crippen molar-refractivity contribution in [2.45, 2.75) is 61.7 Å². The van der Waals surface area contributed by atoms with Crippen LogP contribution in [0.2, 0.25) is 0 Å². The average Bonchev–Trinajstić information content (AvgIpc) is 3.33. The van der Waals surface area contributed by atoms with Gasteiger partial charge in [0.05, 0.1) is 13.2 Å². The molecule has 3 heterocycles. The maximum atomic E-state index is 5.38. The van der Waals surface area contributed by atoms with Gasteiger partial charge in [0.15, 0.2) is 5.82 Å². The van der Waals surface area contributed by atoms with Crippen LogP contribution in [0.25, 0.3) is 15.9 Å². The molecule has 1 atom stereocenters. The zero-order valence-corrected chi connectivity index (χ0v) is 21.7. The molecular formula is C25H30N6OS2. The Morgan fingerprint density at radius 1 is 1.09 bits per heavy atom. The molecule has 0 amide bonds. The number of hydrogen-bond acceptors (Lipinski definition) is 8. The number of nitrogens with zero attached hydrogens (tertiary/aromatic N) is 6. The minimum Gasteiger partial charge on any atom is -0.497 e. The Morgan fingerprint density at radius 3 is 2.62 bits per heavy atom. The molecule has 1 aromatic carbocycles. The number of fused-ring (bicyclic) bond motifs is 3. The molecule has 34 heavy (non-hydrogen) atoms. The van der Waals surface area contributed by atoms with Gasteiger partial charge >= 0.3 is 0 Å². The van der Waals surface area contributed by atoms with E-state index in [0.717, 1.165) is 51.5 Å². The molecular weight excluding hydrogens is 464 g/mol. The second kappa shape index (κ2) is 10.0. The summed E-state index contributed by atoms with van der Waals surface area (Å²) in [5.41, 5.74) is 2.45. The van der Waals surface area contributed by atoms with Crippen molar-refractivity contribution in [1.29, 1.82) is 0 Å². The minimum absolute atomic E-state index is 0.145. The lowest BCUT2D eigenvalue weighted by molar-refractivity contribution is 0.276. The second-order valence-corrected chi connectivity index (χ2v) is 10.8. The van der Waals surface area contributed by atoms with Gasteiger partial charge in [0.2, 0.25) is 5.16 Å². The third-order valence-corrected chi connectivity index (χ3v) is 8.60. The van der Waals surface area contributed by atoms with E-state index >= 15 is 0 Å². The summed E-state index contributed by atoms with van der Waals surface area (Å²) < 4.78 is 7.55. The zero-order valence-electron chi connectivity index (χ0n) is 20.1. The molecule has 0 spiro atoms. The third-order valence-electron chi connectivity index (χ3n) is 6.45. The lowest BCUT2D eigenvalue weighted by atomic mass is 10.1. The van der Waals surface area contributed by atoms with Crippen LogP contribution < -0.4 is 4.74 Å². The summed E-state index contributed by atoms with van der Waals surface area (Å²) >= 11 is 3.42. The number of ether oxygens (including phenoxy) is 1. The summed E-state index contributed by atoms with van der Waals surface area (Å²) in [5.74, 6) is 1.75. The highest BCUT2D eigenvalue weighted by molar-refractivity contribution is 7.99. The lowest BCUT2D eigenvalue weighted by Gasteiger charge is -2.23.